The number of rotatable bonds is 6. The summed E-state index contributed by atoms with van der Waals surface area (Å²) < 4.78 is 5.76. The Labute approximate surface area is 157 Å². The lowest BCUT2D eigenvalue weighted by molar-refractivity contribution is 0.0949. The Bertz CT molecular complexity index is 946. The Kier molecular flexibility index (Phi) is 4.96. The molecular formula is C21H20N4O2. The van der Waals surface area contributed by atoms with Crippen LogP contribution in [0.15, 0.2) is 59.7 Å². The molecule has 6 heteroatoms. The molecule has 0 bridgehead atoms. The highest BCUT2D eigenvalue weighted by Crippen LogP contribution is 2.22. The van der Waals surface area contributed by atoms with Crippen molar-refractivity contribution in [3.05, 3.63) is 82.7 Å². The van der Waals surface area contributed by atoms with Gasteiger partial charge in [-0.2, -0.15) is 10.2 Å². The van der Waals surface area contributed by atoms with E-state index in [1.807, 2.05) is 54.6 Å². The summed E-state index contributed by atoms with van der Waals surface area (Å²) in [5.74, 6) is 0.501. The average Bonchev–Trinajstić information content (AvgIpc) is 3.32. The van der Waals surface area contributed by atoms with E-state index < -0.39 is 0 Å². The number of ether oxygens (including phenoxy) is 1. The zero-order valence-electron chi connectivity index (χ0n) is 14.8. The van der Waals surface area contributed by atoms with Gasteiger partial charge in [0.15, 0.2) is 5.69 Å². The van der Waals surface area contributed by atoms with Gasteiger partial charge >= 0.3 is 0 Å². The Morgan fingerprint density at radius 1 is 1.15 bits per heavy atom. The summed E-state index contributed by atoms with van der Waals surface area (Å²) in [6, 6.07) is 17.6. The van der Waals surface area contributed by atoms with E-state index in [9.17, 15) is 4.79 Å². The first-order chi connectivity index (χ1) is 13.3. The minimum Gasteiger partial charge on any atom is -0.489 e. The quantitative estimate of drug-likeness (QED) is 0.523. The molecular weight excluding hydrogens is 340 g/mol. The van der Waals surface area contributed by atoms with Crippen LogP contribution in [-0.2, 0) is 19.4 Å². The van der Waals surface area contributed by atoms with E-state index in [0.717, 1.165) is 47.4 Å². The minimum atomic E-state index is -0.284. The molecule has 0 aliphatic heterocycles. The van der Waals surface area contributed by atoms with Gasteiger partial charge in [0, 0.05) is 11.3 Å². The zero-order valence-corrected chi connectivity index (χ0v) is 14.8. The number of hydrogen-bond acceptors (Lipinski definition) is 4. The Morgan fingerprint density at radius 2 is 1.96 bits per heavy atom. The predicted octanol–water partition coefficient (Wildman–Crippen LogP) is 3.24. The standard InChI is InChI=1S/C21H20N4O2/c26-21(20-18-7-4-8-19(18)23-24-20)25-22-13-15-9-11-17(12-10-15)27-14-16-5-2-1-3-6-16/h1-3,5-6,9-13H,4,7-8,14H2,(H,23,24)(H,25,26). The van der Waals surface area contributed by atoms with Gasteiger partial charge in [0.1, 0.15) is 12.4 Å². The van der Waals surface area contributed by atoms with Crippen molar-refractivity contribution in [2.24, 2.45) is 5.10 Å². The fraction of sp³-hybridized carbons (Fsp3) is 0.190. The summed E-state index contributed by atoms with van der Waals surface area (Å²) in [6.07, 6.45) is 4.51. The maximum atomic E-state index is 12.2. The number of hydrogen-bond donors (Lipinski definition) is 2. The van der Waals surface area contributed by atoms with Crippen molar-refractivity contribution in [1.82, 2.24) is 15.6 Å². The van der Waals surface area contributed by atoms with Gasteiger partial charge < -0.3 is 4.74 Å². The lowest BCUT2D eigenvalue weighted by atomic mass is 10.2. The van der Waals surface area contributed by atoms with Crippen molar-refractivity contribution in [2.45, 2.75) is 25.9 Å². The number of amides is 1. The lowest BCUT2D eigenvalue weighted by Gasteiger charge is -2.06. The number of carbonyl (C=O) groups excluding carboxylic acids is 1. The molecule has 1 aromatic heterocycles. The highest BCUT2D eigenvalue weighted by Gasteiger charge is 2.22. The van der Waals surface area contributed by atoms with E-state index in [0.29, 0.717) is 12.3 Å². The van der Waals surface area contributed by atoms with E-state index in [2.05, 4.69) is 20.7 Å². The van der Waals surface area contributed by atoms with Gasteiger partial charge in [-0.05, 0) is 54.7 Å². The van der Waals surface area contributed by atoms with Crippen molar-refractivity contribution in [2.75, 3.05) is 0 Å². The first-order valence-electron chi connectivity index (χ1n) is 8.96. The van der Waals surface area contributed by atoms with Gasteiger partial charge in [0.25, 0.3) is 5.91 Å². The second kappa shape index (κ2) is 7.86. The minimum absolute atomic E-state index is 0.284. The van der Waals surface area contributed by atoms with Crippen LogP contribution < -0.4 is 10.2 Å². The molecule has 2 aromatic carbocycles. The summed E-state index contributed by atoms with van der Waals surface area (Å²) in [5.41, 5.74) is 7.06. The maximum Gasteiger partial charge on any atom is 0.292 e. The fourth-order valence-electron chi connectivity index (χ4n) is 3.12. The molecule has 0 saturated carbocycles. The highest BCUT2D eigenvalue weighted by atomic mass is 16.5. The third-order valence-electron chi connectivity index (χ3n) is 4.53. The molecule has 136 valence electrons. The maximum absolute atomic E-state index is 12.2. The third kappa shape index (κ3) is 4.06. The number of nitrogens with zero attached hydrogens (tertiary/aromatic N) is 2. The molecule has 27 heavy (non-hydrogen) atoms. The Balaban J connectivity index is 1.30. The smallest absolute Gasteiger partial charge is 0.292 e. The van der Waals surface area contributed by atoms with Crippen LogP contribution in [-0.4, -0.2) is 22.3 Å². The third-order valence-corrected chi connectivity index (χ3v) is 4.53. The first-order valence-corrected chi connectivity index (χ1v) is 8.96. The Hall–Kier alpha value is -3.41. The summed E-state index contributed by atoms with van der Waals surface area (Å²) in [5, 5.41) is 11.0. The number of carbonyl (C=O) groups is 1. The molecule has 0 fully saturated rings. The molecule has 0 saturated heterocycles. The van der Waals surface area contributed by atoms with Crippen LogP contribution in [0.2, 0.25) is 0 Å². The van der Waals surface area contributed by atoms with E-state index in [1.54, 1.807) is 6.21 Å². The van der Waals surface area contributed by atoms with E-state index in [1.165, 1.54) is 0 Å². The molecule has 0 spiro atoms. The van der Waals surface area contributed by atoms with Gasteiger partial charge in [0.05, 0.1) is 6.21 Å². The van der Waals surface area contributed by atoms with Crippen molar-refractivity contribution < 1.29 is 9.53 Å². The topological polar surface area (TPSA) is 79.4 Å². The molecule has 1 heterocycles. The molecule has 0 atom stereocenters. The van der Waals surface area contributed by atoms with E-state index in [4.69, 9.17) is 4.74 Å². The number of aromatic nitrogens is 2. The largest absolute Gasteiger partial charge is 0.489 e. The molecule has 1 amide bonds. The number of aryl methyl sites for hydroxylation is 1. The highest BCUT2D eigenvalue weighted by molar-refractivity contribution is 5.94. The van der Waals surface area contributed by atoms with Crippen LogP contribution in [0.5, 0.6) is 5.75 Å². The monoisotopic (exact) mass is 360 g/mol. The van der Waals surface area contributed by atoms with Gasteiger partial charge in [-0.1, -0.05) is 30.3 Å². The number of nitrogens with one attached hydrogen (secondary N) is 2. The van der Waals surface area contributed by atoms with Crippen LogP contribution in [0, 0.1) is 0 Å². The van der Waals surface area contributed by atoms with Crippen LogP contribution >= 0.6 is 0 Å². The van der Waals surface area contributed by atoms with E-state index in [-0.39, 0.29) is 5.91 Å². The van der Waals surface area contributed by atoms with Gasteiger partial charge in [-0.25, -0.2) is 5.43 Å². The summed E-state index contributed by atoms with van der Waals surface area (Å²) >= 11 is 0. The normalized spacial score (nSPS) is 12.9. The van der Waals surface area contributed by atoms with E-state index >= 15 is 0 Å². The molecule has 1 aliphatic carbocycles. The molecule has 4 rings (SSSR count). The van der Waals surface area contributed by atoms with Crippen LogP contribution in [0.1, 0.15) is 39.3 Å². The Morgan fingerprint density at radius 3 is 2.78 bits per heavy atom. The SMILES string of the molecule is O=C(NN=Cc1ccc(OCc2ccccc2)cc1)c1n[nH]c2c1CCC2. The van der Waals surface area contributed by atoms with Crippen molar-refractivity contribution in [3.63, 3.8) is 0 Å². The second-order valence-electron chi connectivity index (χ2n) is 6.43. The summed E-state index contributed by atoms with van der Waals surface area (Å²) in [4.78, 5) is 12.2. The van der Waals surface area contributed by atoms with Crippen molar-refractivity contribution in [3.8, 4) is 5.75 Å². The summed E-state index contributed by atoms with van der Waals surface area (Å²) in [6.45, 7) is 0.526. The average molecular weight is 360 g/mol. The van der Waals surface area contributed by atoms with Gasteiger partial charge in [-0.15, -0.1) is 0 Å². The molecule has 1 aliphatic rings. The molecule has 0 unspecified atom stereocenters. The molecule has 3 aromatic rings. The van der Waals surface area contributed by atoms with Crippen LogP contribution in [0.4, 0.5) is 0 Å². The number of fused-ring (bicyclic) bond motifs is 1. The lowest BCUT2D eigenvalue weighted by Crippen LogP contribution is -2.19. The summed E-state index contributed by atoms with van der Waals surface area (Å²) in [7, 11) is 0. The van der Waals surface area contributed by atoms with Gasteiger partial charge in [0.2, 0.25) is 0 Å². The molecule has 6 nitrogen and oxygen atoms in total. The first kappa shape index (κ1) is 17.0. The van der Waals surface area contributed by atoms with Crippen LogP contribution in [0.3, 0.4) is 0 Å². The van der Waals surface area contributed by atoms with Crippen molar-refractivity contribution >= 4 is 12.1 Å². The van der Waals surface area contributed by atoms with Crippen LogP contribution in [0.25, 0.3) is 0 Å². The second-order valence-corrected chi connectivity index (χ2v) is 6.43. The van der Waals surface area contributed by atoms with Gasteiger partial charge in [-0.3, -0.25) is 9.89 Å². The molecule has 0 radical (unpaired) electrons. The fourth-order valence-corrected chi connectivity index (χ4v) is 3.12. The number of benzene rings is 2. The number of hydrazone groups is 1. The number of aromatic amines is 1. The zero-order chi connectivity index (χ0) is 18.5. The number of H-pyrrole nitrogens is 1. The van der Waals surface area contributed by atoms with Crippen molar-refractivity contribution in [1.29, 1.82) is 0 Å². The predicted molar refractivity (Wildman–Crippen MR) is 103 cm³/mol. The molecule has 2 N–H and O–H groups in total.